The molecule has 0 amide bonds. The van der Waals surface area contributed by atoms with E-state index >= 15 is 0 Å². The molecule has 1 aromatic rings. The van der Waals surface area contributed by atoms with Gasteiger partial charge in [0.2, 0.25) is 0 Å². The van der Waals surface area contributed by atoms with E-state index in [1.807, 2.05) is 12.1 Å². The molecule has 0 aliphatic carbocycles. The van der Waals surface area contributed by atoms with Crippen molar-refractivity contribution in [3.8, 4) is 0 Å². The van der Waals surface area contributed by atoms with Crippen molar-refractivity contribution in [3.05, 3.63) is 34.9 Å². The Hall–Kier alpha value is -0.570. The van der Waals surface area contributed by atoms with Gasteiger partial charge in [-0.25, -0.2) is 0 Å². The van der Waals surface area contributed by atoms with E-state index in [1.165, 1.54) is 5.56 Å². The lowest BCUT2D eigenvalue weighted by Gasteiger charge is -2.11. The average Bonchev–Trinajstić information content (AvgIpc) is 2.59. The second-order valence-electron chi connectivity index (χ2n) is 5.38. The Morgan fingerprint density at radius 3 is 2.52 bits per heavy atom. The first-order valence-corrected chi connectivity index (χ1v) is 8.97. The zero-order valence-electron chi connectivity index (χ0n) is 15.2. The fourth-order valence-electron chi connectivity index (χ4n) is 2.09. The van der Waals surface area contributed by atoms with Gasteiger partial charge < -0.3 is 20.1 Å². The molecule has 0 unspecified atom stereocenters. The summed E-state index contributed by atoms with van der Waals surface area (Å²) in [6, 6.07) is 8.00. The van der Waals surface area contributed by atoms with Gasteiger partial charge in [-0.3, -0.25) is 4.99 Å². The summed E-state index contributed by atoms with van der Waals surface area (Å²) in [4.78, 5) is 4.60. The van der Waals surface area contributed by atoms with Crippen molar-refractivity contribution >= 4 is 41.5 Å². The average molecular weight is 484 g/mol. The smallest absolute Gasteiger partial charge is 0.191 e. The Balaban J connectivity index is 0.00000576. The van der Waals surface area contributed by atoms with Gasteiger partial charge in [-0.05, 0) is 43.9 Å². The largest absolute Gasteiger partial charge is 0.382 e. The summed E-state index contributed by atoms with van der Waals surface area (Å²) in [7, 11) is 1.68. The lowest BCUT2D eigenvalue weighted by Crippen LogP contribution is -2.38. The molecule has 2 N–H and O–H groups in total. The first-order chi connectivity index (χ1) is 11.8. The molecule has 0 fully saturated rings. The third-order valence-corrected chi connectivity index (χ3v) is 3.59. The zero-order valence-corrected chi connectivity index (χ0v) is 18.3. The van der Waals surface area contributed by atoms with Crippen molar-refractivity contribution < 1.29 is 9.47 Å². The monoisotopic (exact) mass is 483 g/mol. The normalized spacial score (nSPS) is 11.1. The number of aliphatic imine (C=N–C) groups is 1. The molecule has 0 aromatic heterocycles. The van der Waals surface area contributed by atoms with E-state index in [-0.39, 0.29) is 24.0 Å². The molecule has 0 atom stereocenters. The maximum atomic E-state index is 5.89. The van der Waals surface area contributed by atoms with Gasteiger partial charge in [0, 0.05) is 38.4 Å². The van der Waals surface area contributed by atoms with Gasteiger partial charge in [0.05, 0.1) is 13.2 Å². The Bertz CT molecular complexity index is 458. The highest BCUT2D eigenvalue weighted by atomic mass is 127. The summed E-state index contributed by atoms with van der Waals surface area (Å²) in [6.45, 7) is 6.58. The summed E-state index contributed by atoms with van der Waals surface area (Å²) >= 11 is 5.89. The fourth-order valence-corrected chi connectivity index (χ4v) is 2.22. The molecule has 0 bridgehead atoms. The van der Waals surface area contributed by atoms with Crippen molar-refractivity contribution in [3.63, 3.8) is 0 Å². The Kier molecular flexibility index (Phi) is 16.5. The molecular formula is C18H31ClIN3O2. The molecule has 1 aromatic carbocycles. The molecule has 0 heterocycles. The zero-order chi connectivity index (χ0) is 17.5. The Morgan fingerprint density at radius 1 is 1.08 bits per heavy atom. The molecule has 1 rings (SSSR count). The number of rotatable bonds is 12. The summed E-state index contributed by atoms with van der Waals surface area (Å²) in [5.41, 5.74) is 1.29. The fraction of sp³-hybridized carbons (Fsp3) is 0.611. The predicted octanol–water partition coefficient (Wildman–Crippen LogP) is 3.50. The minimum Gasteiger partial charge on any atom is -0.382 e. The van der Waals surface area contributed by atoms with Crippen molar-refractivity contribution in [1.29, 1.82) is 0 Å². The third-order valence-electron chi connectivity index (χ3n) is 3.34. The number of benzene rings is 1. The van der Waals surface area contributed by atoms with Crippen LogP contribution < -0.4 is 10.6 Å². The number of methoxy groups -OCH3 is 1. The minimum atomic E-state index is 0. The van der Waals surface area contributed by atoms with E-state index in [0.29, 0.717) is 13.2 Å². The van der Waals surface area contributed by atoms with Gasteiger partial charge in [-0.1, -0.05) is 23.7 Å². The number of aryl methyl sites for hydroxylation is 1. The van der Waals surface area contributed by atoms with Crippen LogP contribution in [0, 0.1) is 0 Å². The second kappa shape index (κ2) is 16.9. The number of nitrogens with one attached hydrogen (secondary N) is 2. The summed E-state index contributed by atoms with van der Waals surface area (Å²) in [6.07, 6.45) is 2.96. The molecule has 0 saturated carbocycles. The van der Waals surface area contributed by atoms with Crippen molar-refractivity contribution in [2.24, 2.45) is 4.99 Å². The number of halogens is 2. The van der Waals surface area contributed by atoms with Gasteiger partial charge in [0.15, 0.2) is 5.96 Å². The predicted molar refractivity (Wildman–Crippen MR) is 116 cm³/mol. The number of hydrogen-bond donors (Lipinski definition) is 2. The molecule has 0 radical (unpaired) electrons. The van der Waals surface area contributed by atoms with Crippen LogP contribution in [0.15, 0.2) is 29.3 Å². The van der Waals surface area contributed by atoms with Crippen LogP contribution in [0.2, 0.25) is 5.02 Å². The van der Waals surface area contributed by atoms with E-state index in [9.17, 15) is 0 Å². The standard InChI is InChI=1S/C18H30ClN3O2.HI/c1-3-20-18(22-12-5-13-24-15-14-23-2)21-11-4-6-16-7-9-17(19)10-8-16;/h7-10H,3-6,11-15H2,1-2H3,(H2,20,21,22);1H. The maximum Gasteiger partial charge on any atom is 0.191 e. The lowest BCUT2D eigenvalue weighted by molar-refractivity contribution is 0.0698. The molecule has 5 nitrogen and oxygen atoms in total. The van der Waals surface area contributed by atoms with E-state index < -0.39 is 0 Å². The van der Waals surface area contributed by atoms with Crippen molar-refractivity contribution in [2.45, 2.75) is 26.2 Å². The summed E-state index contributed by atoms with van der Waals surface area (Å²) in [5, 5.41) is 7.37. The van der Waals surface area contributed by atoms with Gasteiger partial charge in [-0.2, -0.15) is 0 Å². The van der Waals surface area contributed by atoms with Gasteiger partial charge in [0.25, 0.3) is 0 Å². The third kappa shape index (κ3) is 13.3. The summed E-state index contributed by atoms with van der Waals surface area (Å²) < 4.78 is 10.4. The highest BCUT2D eigenvalue weighted by Gasteiger charge is 1.98. The number of ether oxygens (including phenoxy) is 2. The lowest BCUT2D eigenvalue weighted by atomic mass is 10.1. The summed E-state index contributed by atoms with van der Waals surface area (Å²) in [5.74, 6) is 0.866. The Morgan fingerprint density at radius 2 is 1.84 bits per heavy atom. The molecule has 0 aliphatic rings. The number of nitrogens with zero attached hydrogens (tertiary/aromatic N) is 1. The van der Waals surface area contributed by atoms with Gasteiger partial charge in [0.1, 0.15) is 0 Å². The van der Waals surface area contributed by atoms with E-state index in [2.05, 4.69) is 34.7 Å². The van der Waals surface area contributed by atoms with Crippen LogP contribution in [0.25, 0.3) is 0 Å². The van der Waals surface area contributed by atoms with Crippen LogP contribution in [-0.4, -0.2) is 52.5 Å². The minimum absolute atomic E-state index is 0. The SMILES string of the molecule is CCNC(=NCCCc1ccc(Cl)cc1)NCCCOCCOC.I. The topological polar surface area (TPSA) is 54.9 Å². The molecule has 0 aliphatic heterocycles. The van der Waals surface area contributed by atoms with Gasteiger partial charge >= 0.3 is 0 Å². The van der Waals surface area contributed by atoms with Gasteiger partial charge in [-0.15, -0.1) is 24.0 Å². The van der Waals surface area contributed by atoms with Crippen LogP contribution in [0.4, 0.5) is 0 Å². The molecule has 0 saturated heterocycles. The highest BCUT2D eigenvalue weighted by molar-refractivity contribution is 14.0. The molecular weight excluding hydrogens is 453 g/mol. The number of guanidine groups is 1. The van der Waals surface area contributed by atoms with E-state index in [0.717, 1.165) is 56.5 Å². The van der Waals surface area contributed by atoms with Crippen molar-refractivity contribution in [1.82, 2.24) is 10.6 Å². The first-order valence-electron chi connectivity index (χ1n) is 8.59. The maximum absolute atomic E-state index is 5.89. The van der Waals surface area contributed by atoms with Crippen LogP contribution >= 0.6 is 35.6 Å². The molecule has 0 spiro atoms. The quantitative estimate of drug-likeness (QED) is 0.207. The molecule has 25 heavy (non-hydrogen) atoms. The van der Waals surface area contributed by atoms with Crippen molar-refractivity contribution in [2.75, 3.05) is 46.6 Å². The Labute approximate surface area is 173 Å². The van der Waals surface area contributed by atoms with Crippen LogP contribution in [-0.2, 0) is 15.9 Å². The first kappa shape index (κ1) is 24.4. The highest BCUT2D eigenvalue weighted by Crippen LogP contribution is 2.10. The van der Waals surface area contributed by atoms with E-state index in [4.69, 9.17) is 21.1 Å². The van der Waals surface area contributed by atoms with Crippen LogP contribution in [0.3, 0.4) is 0 Å². The molecule has 7 heteroatoms. The van der Waals surface area contributed by atoms with E-state index in [1.54, 1.807) is 7.11 Å². The second-order valence-corrected chi connectivity index (χ2v) is 5.81. The number of hydrogen-bond acceptors (Lipinski definition) is 3. The van der Waals surface area contributed by atoms with Crippen LogP contribution in [0.5, 0.6) is 0 Å². The molecule has 144 valence electrons. The van der Waals surface area contributed by atoms with Crippen LogP contribution in [0.1, 0.15) is 25.3 Å².